The average molecular weight is 423 g/mol. The first-order valence-corrected chi connectivity index (χ1v) is 10.3. The molecular formula is C23H27FN6O. The van der Waals surface area contributed by atoms with Crippen molar-refractivity contribution in [3.8, 4) is 0 Å². The maximum absolute atomic E-state index is 15.0. The molecule has 0 radical (unpaired) electrons. The third-order valence-electron chi connectivity index (χ3n) is 5.67. The Kier molecular flexibility index (Phi) is 5.73. The zero-order valence-corrected chi connectivity index (χ0v) is 18.3. The van der Waals surface area contributed by atoms with Gasteiger partial charge in [-0.05, 0) is 38.6 Å². The van der Waals surface area contributed by atoms with Gasteiger partial charge in [0.05, 0.1) is 17.1 Å². The van der Waals surface area contributed by atoms with Gasteiger partial charge in [0, 0.05) is 62.8 Å². The van der Waals surface area contributed by atoms with E-state index in [2.05, 4.69) is 20.2 Å². The van der Waals surface area contributed by atoms with E-state index in [-0.39, 0.29) is 5.82 Å². The number of carbonyl (C=O) groups excluding carboxylic acids is 1. The molecule has 0 unspecified atom stereocenters. The van der Waals surface area contributed by atoms with Gasteiger partial charge < -0.3 is 19.5 Å². The lowest BCUT2D eigenvalue weighted by molar-refractivity contribution is 0.112. The molecule has 4 rings (SSSR count). The van der Waals surface area contributed by atoms with Gasteiger partial charge in [0.1, 0.15) is 17.3 Å². The molecule has 8 heteroatoms. The van der Waals surface area contributed by atoms with Gasteiger partial charge in [-0.25, -0.2) is 14.4 Å². The number of likely N-dealkylation sites (N-methyl/N-ethyl adjacent to an activating group) is 1. The van der Waals surface area contributed by atoms with E-state index in [9.17, 15) is 4.79 Å². The summed E-state index contributed by atoms with van der Waals surface area (Å²) in [6.07, 6.45) is 4.60. The van der Waals surface area contributed by atoms with Crippen molar-refractivity contribution < 1.29 is 9.18 Å². The van der Waals surface area contributed by atoms with Gasteiger partial charge in [0.25, 0.3) is 0 Å². The number of halogens is 1. The second kappa shape index (κ2) is 8.47. The van der Waals surface area contributed by atoms with Crippen LogP contribution in [0.4, 0.5) is 15.8 Å². The Hall–Kier alpha value is -3.26. The summed E-state index contributed by atoms with van der Waals surface area (Å²) < 4.78 is 17.0. The van der Waals surface area contributed by atoms with Gasteiger partial charge in [-0.15, -0.1) is 0 Å². The Morgan fingerprint density at radius 2 is 1.90 bits per heavy atom. The Bertz CT molecular complexity index is 1160. The molecule has 1 aromatic carbocycles. The maximum atomic E-state index is 15.0. The first-order chi connectivity index (χ1) is 14.9. The molecule has 0 aliphatic carbocycles. The number of benzene rings is 1. The molecule has 1 N–H and O–H groups in total. The first-order valence-electron chi connectivity index (χ1n) is 10.3. The van der Waals surface area contributed by atoms with Gasteiger partial charge >= 0.3 is 0 Å². The predicted octanol–water partition coefficient (Wildman–Crippen LogP) is 2.95. The number of carbonyl (C=O) groups is 1. The Labute approximate surface area is 181 Å². The number of aldehydes is 1. The van der Waals surface area contributed by atoms with Gasteiger partial charge in [-0.2, -0.15) is 0 Å². The highest BCUT2D eigenvalue weighted by Gasteiger charge is 2.20. The SMILES string of the molecule is CN/C(=N\c1cc(F)c(N2CCN(C)CC2)cc1C=O)c1cc(C)c2nc(C)cn2c1. The number of fused-ring (bicyclic) bond motifs is 1. The van der Waals surface area contributed by atoms with Crippen molar-refractivity contribution in [2.45, 2.75) is 13.8 Å². The standard InChI is InChI=1S/C23H27FN6O/c1-15-9-17(13-30-12-16(2)26-23(15)30)22(25-3)27-20-11-19(24)21(10-18(20)14-31)29-7-5-28(4)6-8-29/h9-14H,5-8H2,1-4H3,(H,25,27). The largest absolute Gasteiger partial charge is 0.373 e. The number of pyridine rings is 1. The van der Waals surface area contributed by atoms with Crippen LogP contribution in [0.1, 0.15) is 27.2 Å². The molecule has 1 aliphatic heterocycles. The van der Waals surface area contributed by atoms with Gasteiger partial charge in [0.15, 0.2) is 6.29 Å². The summed E-state index contributed by atoms with van der Waals surface area (Å²) in [6.45, 7) is 7.09. The van der Waals surface area contributed by atoms with Crippen LogP contribution in [0.25, 0.3) is 5.65 Å². The number of hydrogen-bond donors (Lipinski definition) is 1. The maximum Gasteiger partial charge on any atom is 0.152 e. The number of nitrogens with zero attached hydrogens (tertiary/aromatic N) is 5. The lowest BCUT2D eigenvalue weighted by Gasteiger charge is -2.34. The number of amidine groups is 1. The minimum absolute atomic E-state index is 0.300. The summed E-state index contributed by atoms with van der Waals surface area (Å²) in [6, 6.07) is 4.93. The molecule has 0 saturated carbocycles. The number of rotatable bonds is 4. The highest BCUT2D eigenvalue weighted by Crippen LogP contribution is 2.29. The summed E-state index contributed by atoms with van der Waals surface area (Å²) in [4.78, 5) is 25.1. The van der Waals surface area contributed by atoms with E-state index in [4.69, 9.17) is 0 Å². The minimum atomic E-state index is -0.374. The van der Waals surface area contributed by atoms with Crippen LogP contribution in [0.15, 0.2) is 35.6 Å². The molecule has 1 aliphatic rings. The van der Waals surface area contributed by atoms with Crippen molar-refractivity contribution in [3.63, 3.8) is 0 Å². The number of piperazine rings is 1. The topological polar surface area (TPSA) is 65.2 Å². The molecule has 0 bridgehead atoms. The Morgan fingerprint density at radius 1 is 1.16 bits per heavy atom. The number of imidazole rings is 1. The van der Waals surface area contributed by atoms with E-state index in [1.165, 1.54) is 6.07 Å². The quantitative estimate of drug-likeness (QED) is 0.398. The third-order valence-corrected chi connectivity index (χ3v) is 5.67. The van der Waals surface area contributed by atoms with Crippen LogP contribution in [-0.4, -0.2) is 66.7 Å². The predicted molar refractivity (Wildman–Crippen MR) is 121 cm³/mol. The van der Waals surface area contributed by atoms with Gasteiger partial charge in [-0.3, -0.25) is 4.79 Å². The number of aromatic nitrogens is 2. The molecule has 0 spiro atoms. The molecule has 2 aromatic heterocycles. The molecular weight excluding hydrogens is 395 g/mol. The lowest BCUT2D eigenvalue weighted by atomic mass is 10.1. The van der Waals surface area contributed by atoms with Crippen molar-refractivity contribution in [3.05, 3.63) is 58.8 Å². The number of hydrogen-bond acceptors (Lipinski definition) is 5. The van der Waals surface area contributed by atoms with Crippen molar-refractivity contribution in [1.29, 1.82) is 0 Å². The normalized spacial score (nSPS) is 15.5. The van der Waals surface area contributed by atoms with Crippen molar-refractivity contribution in [1.82, 2.24) is 19.6 Å². The highest BCUT2D eigenvalue weighted by molar-refractivity contribution is 6.01. The molecule has 3 heterocycles. The fourth-order valence-electron chi connectivity index (χ4n) is 3.95. The van der Waals surface area contributed by atoms with Crippen LogP contribution < -0.4 is 10.2 Å². The second-order valence-corrected chi connectivity index (χ2v) is 8.01. The van der Waals surface area contributed by atoms with Gasteiger partial charge in [0.2, 0.25) is 0 Å². The number of nitrogens with one attached hydrogen (secondary N) is 1. The number of aryl methyl sites for hydroxylation is 2. The zero-order valence-electron chi connectivity index (χ0n) is 18.3. The van der Waals surface area contributed by atoms with Crippen LogP contribution >= 0.6 is 0 Å². The highest BCUT2D eigenvalue weighted by atomic mass is 19.1. The van der Waals surface area contributed by atoms with E-state index in [1.807, 2.05) is 48.7 Å². The Morgan fingerprint density at radius 3 is 2.58 bits per heavy atom. The Balaban J connectivity index is 1.74. The fourth-order valence-corrected chi connectivity index (χ4v) is 3.95. The van der Waals surface area contributed by atoms with Crippen molar-refractivity contribution in [2.24, 2.45) is 4.99 Å². The molecule has 0 atom stereocenters. The molecule has 7 nitrogen and oxygen atoms in total. The van der Waals surface area contributed by atoms with E-state index < -0.39 is 0 Å². The van der Waals surface area contributed by atoms with E-state index in [0.29, 0.717) is 22.8 Å². The van der Waals surface area contributed by atoms with Crippen LogP contribution in [0.2, 0.25) is 0 Å². The fraction of sp³-hybridized carbons (Fsp3) is 0.348. The van der Waals surface area contributed by atoms with Crippen molar-refractivity contribution in [2.75, 3.05) is 45.2 Å². The van der Waals surface area contributed by atoms with Crippen LogP contribution in [0.5, 0.6) is 0 Å². The van der Waals surface area contributed by atoms with Crippen molar-refractivity contribution >= 4 is 29.1 Å². The van der Waals surface area contributed by atoms with E-state index >= 15 is 4.39 Å². The monoisotopic (exact) mass is 422 g/mol. The minimum Gasteiger partial charge on any atom is -0.373 e. The third kappa shape index (κ3) is 4.16. The van der Waals surface area contributed by atoms with Crippen LogP contribution in [-0.2, 0) is 0 Å². The summed E-state index contributed by atoms with van der Waals surface area (Å²) in [5.74, 6) is 0.174. The lowest BCUT2D eigenvalue weighted by Crippen LogP contribution is -2.44. The smallest absolute Gasteiger partial charge is 0.152 e. The summed E-state index contributed by atoms with van der Waals surface area (Å²) in [7, 11) is 3.80. The molecule has 1 fully saturated rings. The molecule has 162 valence electrons. The van der Waals surface area contributed by atoms with Crippen LogP contribution in [0.3, 0.4) is 0 Å². The summed E-state index contributed by atoms with van der Waals surface area (Å²) in [5.41, 5.74) is 4.74. The summed E-state index contributed by atoms with van der Waals surface area (Å²) >= 11 is 0. The first kappa shape index (κ1) is 21.0. The van der Waals surface area contributed by atoms with Gasteiger partial charge in [-0.1, -0.05) is 0 Å². The molecule has 31 heavy (non-hydrogen) atoms. The van der Waals surface area contributed by atoms with Crippen LogP contribution in [0, 0.1) is 19.7 Å². The molecule has 3 aromatic rings. The number of anilines is 1. The second-order valence-electron chi connectivity index (χ2n) is 8.01. The average Bonchev–Trinajstić information content (AvgIpc) is 3.13. The zero-order chi connectivity index (χ0) is 22.1. The molecule has 1 saturated heterocycles. The number of aliphatic imine (C=N–C) groups is 1. The summed E-state index contributed by atoms with van der Waals surface area (Å²) in [5, 5.41) is 3.08. The molecule has 0 amide bonds. The van der Waals surface area contributed by atoms with E-state index in [1.54, 1.807) is 13.1 Å². The van der Waals surface area contributed by atoms with E-state index in [0.717, 1.165) is 54.9 Å².